The Bertz CT molecular complexity index is 343. The van der Waals surface area contributed by atoms with Crippen LogP contribution in [-0.2, 0) is 22.4 Å². The van der Waals surface area contributed by atoms with E-state index in [2.05, 4.69) is 24.3 Å². The zero-order chi connectivity index (χ0) is 12.7. The fraction of sp³-hybridized carbons (Fsp3) is 0.500. The molecule has 0 aliphatic heterocycles. The third kappa shape index (κ3) is 5.50. The van der Waals surface area contributed by atoms with Crippen LogP contribution in [0.15, 0.2) is 24.3 Å². The highest BCUT2D eigenvalue weighted by atomic mass is 16.5. The van der Waals surface area contributed by atoms with Gasteiger partial charge in [0.1, 0.15) is 0 Å². The largest absolute Gasteiger partial charge is 0.481 e. The van der Waals surface area contributed by atoms with Crippen molar-refractivity contribution in [1.29, 1.82) is 0 Å². The quantitative estimate of drug-likeness (QED) is 0.791. The van der Waals surface area contributed by atoms with Crippen molar-refractivity contribution in [2.24, 2.45) is 0 Å². The molecule has 0 fully saturated rings. The SMILES string of the molecule is COC(C)Cc1ccc(CCCC(=O)O)cc1. The molecule has 1 aromatic carbocycles. The smallest absolute Gasteiger partial charge is 0.303 e. The minimum atomic E-state index is -0.726. The molecule has 0 aliphatic rings. The Balaban J connectivity index is 2.42. The molecule has 1 unspecified atom stereocenters. The Labute approximate surface area is 102 Å². The molecule has 0 bridgehead atoms. The van der Waals surface area contributed by atoms with Crippen molar-refractivity contribution in [3.63, 3.8) is 0 Å². The molecule has 3 nitrogen and oxygen atoms in total. The average molecular weight is 236 g/mol. The van der Waals surface area contributed by atoms with Gasteiger partial charge < -0.3 is 9.84 Å². The number of carboxylic acids is 1. The van der Waals surface area contributed by atoms with Crippen LogP contribution in [0, 0.1) is 0 Å². The number of hydrogen-bond donors (Lipinski definition) is 1. The molecule has 0 saturated carbocycles. The molecular formula is C14H20O3. The first-order valence-corrected chi connectivity index (χ1v) is 5.94. The van der Waals surface area contributed by atoms with Gasteiger partial charge in [0.05, 0.1) is 6.10 Å². The van der Waals surface area contributed by atoms with E-state index in [1.807, 2.05) is 6.92 Å². The Hall–Kier alpha value is -1.35. The molecule has 0 heterocycles. The highest BCUT2D eigenvalue weighted by molar-refractivity contribution is 5.66. The van der Waals surface area contributed by atoms with Crippen LogP contribution in [0.2, 0.25) is 0 Å². The first-order chi connectivity index (χ1) is 8.11. The summed E-state index contributed by atoms with van der Waals surface area (Å²) in [5, 5.41) is 8.55. The summed E-state index contributed by atoms with van der Waals surface area (Å²) in [6.45, 7) is 2.04. The summed E-state index contributed by atoms with van der Waals surface area (Å²) >= 11 is 0. The van der Waals surface area contributed by atoms with Gasteiger partial charge in [-0.2, -0.15) is 0 Å². The third-order valence-corrected chi connectivity index (χ3v) is 2.80. The molecule has 1 N–H and O–H groups in total. The van der Waals surface area contributed by atoms with Gasteiger partial charge >= 0.3 is 5.97 Å². The number of aliphatic carboxylic acids is 1. The van der Waals surface area contributed by atoms with Crippen LogP contribution in [-0.4, -0.2) is 24.3 Å². The second-order valence-corrected chi connectivity index (χ2v) is 4.31. The minimum Gasteiger partial charge on any atom is -0.481 e. The normalized spacial score (nSPS) is 12.4. The maximum absolute atomic E-state index is 10.4. The third-order valence-electron chi connectivity index (χ3n) is 2.80. The van der Waals surface area contributed by atoms with Crippen molar-refractivity contribution in [1.82, 2.24) is 0 Å². The van der Waals surface area contributed by atoms with Crippen LogP contribution >= 0.6 is 0 Å². The van der Waals surface area contributed by atoms with E-state index in [0.29, 0.717) is 6.42 Å². The number of aryl methyl sites for hydroxylation is 1. The second kappa shape index (κ2) is 7.07. The maximum atomic E-state index is 10.4. The molecule has 0 spiro atoms. The number of carboxylic acid groups (broad SMARTS) is 1. The Morgan fingerprint density at radius 2 is 1.88 bits per heavy atom. The minimum absolute atomic E-state index is 0.230. The molecule has 0 aliphatic carbocycles. The zero-order valence-corrected chi connectivity index (χ0v) is 10.5. The van der Waals surface area contributed by atoms with Gasteiger partial charge in [0.2, 0.25) is 0 Å². The standard InChI is InChI=1S/C14H20O3/c1-11(17-2)10-13-8-6-12(7-9-13)4-3-5-14(15)16/h6-9,11H,3-5,10H2,1-2H3,(H,15,16). The Morgan fingerprint density at radius 1 is 1.29 bits per heavy atom. The van der Waals surface area contributed by atoms with E-state index < -0.39 is 5.97 Å². The lowest BCUT2D eigenvalue weighted by molar-refractivity contribution is -0.137. The van der Waals surface area contributed by atoms with E-state index in [0.717, 1.165) is 12.8 Å². The van der Waals surface area contributed by atoms with Crippen LogP contribution in [0.1, 0.15) is 30.9 Å². The van der Waals surface area contributed by atoms with Gasteiger partial charge in [-0.25, -0.2) is 0 Å². The number of rotatable bonds is 7. The summed E-state index contributed by atoms with van der Waals surface area (Å²) in [6.07, 6.45) is 2.90. The summed E-state index contributed by atoms with van der Waals surface area (Å²) in [6, 6.07) is 8.32. The topological polar surface area (TPSA) is 46.5 Å². The van der Waals surface area contributed by atoms with E-state index in [4.69, 9.17) is 9.84 Å². The molecule has 1 rings (SSSR count). The van der Waals surface area contributed by atoms with E-state index in [9.17, 15) is 4.79 Å². The highest BCUT2D eigenvalue weighted by Gasteiger charge is 2.02. The molecule has 1 aromatic rings. The monoisotopic (exact) mass is 236 g/mol. The van der Waals surface area contributed by atoms with Crippen molar-refractivity contribution in [3.8, 4) is 0 Å². The predicted molar refractivity (Wildman–Crippen MR) is 67.2 cm³/mol. The van der Waals surface area contributed by atoms with E-state index >= 15 is 0 Å². The van der Waals surface area contributed by atoms with Crippen LogP contribution in [0.4, 0.5) is 0 Å². The van der Waals surface area contributed by atoms with Crippen LogP contribution in [0.5, 0.6) is 0 Å². The van der Waals surface area contributed by atoms with E-state index in [1.54, 1.807) is 7.11 Å². The van der Waals surface area contributed by atoms with Crippen LogP contribution < -0.4 is 0 Å². The summed E-state index contributed by atoms with van der Waals surface area (Å²) in [4.78, 5) is 10.4. The fourth-order valence-electron chi connectivity index (χ4n) is 1.70. The summed E-state index contributed by atoms with van der Waals surface area (Å²) in [5.41, 5.74) is 2.45. The van der Waals surface area contributed by atoms with Gasteiger partial charge in [-0.1, -0.05) is 24.3 Å². The number of carbonyl (C=O) groups is 1. The van der Waals surface area contributed by atoms with Crippen molar-refractivity contribution in [2.75, 3.05) is 7.11 Å². The molecule has 0 amide bonds. The van der Waals surface area contributed by atoms with Gasteiger partial charge in [0.25, 0.3) is 0 Å². The van der Waals surface area contributed by atoms with Gasteiger partial charge in [-0.3, -0.25) is 4.79 Å². The van der Waals surface area contributed by atoms with Gasteiger partial charge in [-0.05, 0) is 37.3 Å². The highest BCUT2D eigenvalue weighted by Crippen LogP contribution is 2.10. The molecular weight excluding hydrogens is 216 g/mol. The second-order valence-electron chi connectivity index (χ2n) is 4.31. The number of hydrogen-bond acceptors (Lipinski definition) is 2. The number of ether oxygens (including phenoxy) is 1. The summed E-state index contributed by atoms with van der Waals surface area (Å²) in [7, 11) is 1.71. The fourth-order valence-corrected chi connectivity index (χ4v) is 1.70. The van der Waals surface area contributed by atoms with Crippen molar-refractivity contribution in [2.45, 2.75) is 38.7 Å². The first-order valence-electron chi connectivity index (χ1n) is 5.94. The maximum Gasteiger partial charge on any atom is 0.303 e. The van der Waals surface area contributed by atoms with Crippen LogP contribution in [0.3, 0.4) is 0 Å². The lowest BCUT2D eigenvalue weighted by atomic mass is 10.0. The van der Waals surface area contributed by atoms with Gasteiger partial charge in [-0.15, -0.1) is 0 Å². The molecule has 0 aromatic heterocycles. The average Bonchev–Trinajstić information content (AvgIpc) is 2.31. The van der Waals surface area contributed by atoms with Crippen LogP contribution in [0.25, 0.3) is 0 Å². The Morgan fingerprint density at radius 3 is 2.41 bits per heavy atom. The lowest BCUT2D eigenvalue weighted by Gasteiger charge is -2.09. The molecule has 1 atom stereocenters. The summed E-state index contributed by atoms with van der Waals surface area (Å²) in [5.74, 6) is -0.726. The van der Waals surface area contributed by atoms with Crippen molar-refractivity contribution >= 4 is 5.97 Å². The molecule has 0 radical (unpaired) electrons. The zero-order valence-electron chi connectivity index (χ0n) is 10.5. The van der Waals surface area contributed by atoms with E-state index in [1.165, 1.54) is 11.1 Å². The molecule has 94 valence electrons. The van der Waals surface area contributed by atoms with Gasteiger partial charge in [0, 0.05) is 13.5 Å². The van der Waals surface area contributed by atoms with Crippen molar-refractivity contribution < 1.29 is 14.6 Å². The van der Waals surface area contributed by atoms with Gasteiger partial charge in [0.15, 0.2) is 0 Å². The first kappa shape index (κ1) is 13.7. The predicted octanol–water partition coefficient (Wildman–Crippen LogP) is 2.67. The number of benzene rings is 1. The number of methoxy groups -OCH3 is 1. The Kier molecular flexibility index (Phi) is 5.70. The molecule has 0 saturated heterocycles. The molecule has 3 heteroatoms. The molecule has 17 heavy (non-hydrogen) atoms. The van der Waals surface area contributed by atoms with E-state index in [-0.39, 0.29) is 12.5 Å². The lowest BCUT2D eigenvalue weighted by Crippen LogP contribution is -2.08. The van der Waals surface area contributed by atoms with Crippen molar-refractivity contribution in [3.05, 3.63) is 35.4 Å². The summed E-state index contributed by atoms with van der Waals surface area (Å²) < 4.78 is 5.21.